The number of carboxylic acid groups (broad SMARTS) is 1. The molecule has 190 valence electrons. The Morgan fingerprint density at radius 1 is 1.12 bits per heavy atom. The summed E-state index contributed by atoms with van der Waals surface area (Å²) >= 11 is 0. The molecule has 4 heteroatoms. The van der Waals surface area contributed by atoms with Crippen molar-refractivity contribution in [3.63, 3.8) is 0 Å². The van der Waals surface area contributed by atoms with Crippen LogP contribution in [0.3, 0.4) is 0 Å². The minimum Gasteiger partial charge on any atom is -0.481 e. The first-order valence-electron chi connectivity index (χ1n) is 13.0. The summed E-state index contributed by atoms with van der Waals surface area (Å²) in [6, 6.07) is 0. The fourth-order valence-electron chi connectivity index (χ4n) is 4.68. The summed E-state index contributed by atoms with van der Waals surface area (Å²) in [4.78, 5) is 10.9. The Kier molecular flexibility index (Phi) is 12.7. The molecule has 1 aliphatic carbocycles. The Balaban J connectivity index is 2.27. The number of carboxylic acids is 1. The fourth-order valence-corrected chi connectivity index (χ4v) is 4.68. The molecule has 1 aliphatic rings. The summed E-state index contributed by atoms with van der Waals surface area (Å²) in [7, 11) is 0. The van der Waals surface area contributed by atoms with Gasteiger partial charge in [0.15, 0.2) is 0 Å². The van der Waals surface area contributed by atoms with Crippen molar-refractivity contribution < 1.29 is 20.1 Å². The summed E-state index contributed by atoms with van der Waals surface area (Å²) in [6.07, 6.45) is 13.2. The van der Waals surface area contributed by atoms with E-state index in [4.69, 9.17) is 5.11 Å². The Hall–Kier alpha value is -1.39. The van der Waals surface area contributed by atoms with Crippen LogP contribution in [0.2, 0.25) is 0 Å². The third-order valence-electron chi connectivity index (χ3n) is 7.79. The van der Waals surface area contributed by atoms with Gasteiger partial charge in [0, 0.05) is 0 Å². The molecule has 4 nitrogen and oxygen atoms in total. The highest BCUT2D eigenvalue weighted by molar-refractivity contribution is 5.69. The van der Waals surface area contributed by atoms with Crippen LogP contribution in [-0.2, 0) is 4.79 Å². The van der Waals surface area contributed by atoms with Crippen molar-refractivity contribution in [1.29, 1.82) is 0 Å². The normalized spacial score (nSPS) is 23.2. The third-order valence-corrected chi connectivity index (χ3v) is 7.79. The van der Waals surface area contributed by atoms with Crippen molar-refractivity contribution in [3.05, 3.63) is 34.4 Å². The van der Waals surface area contributed by atoms with E-state index in [1.807, 2.05) is 13.8 Å². The van der Waals surface area contributed by atoms with E-state index in [1.165, 1.54) is 36.0 Å². The molecular weight excluding hydrogens is 412 g/mol. The van der Waals surface area contributed by atoms with Crippen LogP contribution in [0.25, 0.3) is 0 Å². The average Bonchev–Trinajstić information content (AvgIpc) is 2.73. The molecule has 33 heavy (non-hydrogen) atoms. The van der Waals surface area contributed by atoms with Gasteiger partial charge in [0.2, 0.25) is 0 Å². The molecule has 0 amide bonds. The molecule has 0 fully saturated rings. The molecule has 0 radical (unpaired) electrons. The number of aliphatic hydroxyl groups is 2. The lowest BCUT2D eigenvalue weighted by molar-refractivity contribution is -0.141. The van der Waals surface area contributed by atoms with Gasteiger partial charge in [-0.1, -0.05) is 56.1 Å². The van der Waals surface area contributed by atoms with Crippen molar-refractivity contribution in [2.45, 2.75) is 124 Å². The lowest BCUT2D eigenvalue weighted by atomic mass is 9.80. The van der Waals surface area contributed by atoms with E-state index >= 15 is 0 Å². The van der Waals surface area contributed by atoms with Crippen molar-refractivity contribution in [1.82, 2.24) is 0 Å². The van der Waals surface area contributed by atoms with Gasteiger partial charge in [-0.25, -0.2) is 0 Å². The summed E-state index contributed by atoms with van der Waals surface area (Å²) in [6.45, 7) is 14.5. The van der Waals surface area contributed by atoms with E-state index in [0.717, 1.165) is 31.3 Å². The first kappa shape index (κ1) is 29.6. The lowest BCUT2D eigenvalue weighted by Crippen LogP contribution is -2.24. The molecular formula is C29H50O4. The topological polar surface area (TPSA) is 77.8 Å². The smallest absolute Gasteiger partial charge is 0.306 e. The first-order chi connectivity index (χ1) is 15.3. The SMILES string of the molecule is CC1=C(C)C(C)C(CCC(C)CCC/C(C)=C/CCC(C)(O)CCCC(C)C(=O)O)=CC1O. The van der Waals surface area contributed by atoms with Crippen molar-refractivity contribution in [2.75, 3.05) is 0 Å². The largest absolute Gasteiger partial charge is 0.481 e. The maximum atomic E-state index is 10.9. The molecule has 0 heterocycles. The van der Waals surface area contributed by atoms with Crippen LogP contribution in [-0.4, -0.2) is 33.0 Å². The predicted molar refractivity (Wildman–Crippen MR) is 138 cm³/mol. The zero-order valence-electron chi connectivity index (χ0n) is 22.3. The highest BCUT2D eigenvalue weighted by Gasteiger charge is 2.22. The fraction of sp³-hybridized carbons (Fsp3) is 0.759. The molecule has 5 atom stereocenters. The van der Waals surface area contributed by atoms with Gasteiger partial charge in [-0.2, -0.15) is 0 Å². The highest BCUT2D eigenvalue weighted by Crippen LogP contribution is 2.33. The van der Waals surface area contributed by atoms with Crippen molar-refractivity contribution >= 4 is 5.97 Å². The number of hydrogen-bond acceptors (Lipinski definition) is 3. The second kappa shape index (κ2) is 14.1. The molecule has 1 rings (SSSR count). The van der Waals surface area contributed by atoms with Crippen LogP contribution in [0.15, 0.2) is 34.4 Å². The number of carbonyl (C=O) groups is 1. The van der Waals surface area contributed by atoms with Gasteiger partial charge in [-0.05, 0) is 103 Å². The molecule has 5 unspecified atom stereocenters. The second-order valence-corrected chi connectivity index (χ2v) is 11.0. The Labute approximate surface area is 202 Å². The van der Waals surface area contributed by atoms with Crippen LogP contribution in [0.4, 0.5) is 0 Å². The van der Waals surface area contributed by atoms with Gasteiger partial charge >= 0.3 is 5.97 Å². The van der Waals surface area contributed by atoms with Gasteiger partial charge in [0.25, 0.3) is 0 Å². The number of rotatable bonds is 15. The summed E-state index contributed by atoms with van der Waals surface area (Å²) in [5, 5.41) is 29.8. The first-order valence-corrected chi connectivity index (χ1v) is 13.0. The van der Waals surface area contributed by atoms with E-state index in [9.17, 15) is 15.0 Å². The second-order valence-electron chi connectivity index (χ2n) is 11.0. The number of aliphatic hydroxyl groups excluding tert-OH is 1. The van der Waals surface area contributed by atoms with Gasteiger partial charge < -0.3 is 15.3 Å². The van der Waals surface area contributed by atoms with E-state index in [0.29, 0.717) is 31.1 Å². The molecule has 0 spiro atoms. The number of hydrogen-bond donors (Lipinski definition) is 3. The molecule has 0 aromatic carbocycles. The van der Waals surface area contributed by atoms with Crippen LogP contribution >= 0.6 is 0 Å². The minimum absolute atomic E-state index is 0.343. The van der Waals surface area contributed by atoms with Crippen LogP contribution < -0.4 is 0 Å². The third kappa shape index (κ3) is 11.1. The van der Waals surface area contributed by atoms with Gasteiger partial charge in [-0.15, -0.1) is 0 Å². The van der Waals surface area contributed by atoms with E-state index in [-0.39, 0.29) is 5.92 Å². The van der Waals surface area contributed by atoms with Crippen molar-refractivity contribution in [3.8, 4) is 0 Å². The zero-order chi connectivity index (χ0) is 25.2. The standard InChI is InChI=1S/C29H50O4/c1-20(13-9-17-29(7,33)18-10-14-22(3)28(31)32)11-8-12-21(2)15-16-26-19-27(30)25(6)23(4)24(26)5/h13,19,21-22,24,27,30,33H,8-12,14-18H2,1-7H3,(H,31,32)/b20-13+. The quantitative estimate of drug-likeness (QED) is 0.225. The van der Waals surface area contributed by atoms with Crippen LogP contribution in [0.1, 0.15) is 113 Å². The van der Waals surface area contributed by atoms with E-state index in [2.05, 4.69) is 39.8 Å². The van der Waals surface area contributed by atoms with Crippen molar-refractivity contribution in [2.24, 2.45) is 17.8 Å². The summed E-state index contributed by atoms with van der Waals surface area (Å²) < 4.78 is 0. The predicted octanol–water partition coefficient (Wildman–Crippen LogP) is 7.21. The van der Waals surface area contributed by atoms with Gasteiger partial charge in [0.1, 0.15) is 0 Å². The highest BCUT2D eigenvalue weighted by atomic mass is 16.4. The Morgan fingerprint density at radius 2 is 1.79 bits per heavy atom. The van der Waals surface area contributed by atoms with Crippen LogP contribution in [0, 0.1) is 17.8 Å². The molecule has 0 saturated heterocycles. The van der Waals surface area contributed by atoms with Gasteiger partial charge in [-0.3, -0.25) is 4.79 Å². The Morgan fingerprint density at radius 3 is 2.42 bits per heavy atom. The summed E-state index contributed by atoms with van der Waals surface area (Å²) in [5.41, 5.74) is 4.48. The molecule has 0 aromatic rings. The molecule has 0 bridgehead atoms. The van der Waals surface area contributed by atoms with Gasteiger partial charge in [0.05, 0.1) is 17.6 Å². The number of allylic oxidation sites excluding steroid dienone is 4. The minimum atomic E-state index is -0.760. The molecule has 0 aromatic heterocycles. The molecule has 0 aliphatic heterocycles. The zero-order valence-corrected chi connectivity index (χ0v) is 22.3. The maximum absolute atomic E-state index is 10.9. The monoisotopic (exact) mass is 462 g/mol. The lowest BCUT2D eigenvalue weighted by Gasteiger charge is -2.27. The number of aliphatic carboxylic acids is 1. The molecule has 0 saturated carbocycles. The maximum Gasteiger partial charge on any atom is 0.306 e. The van der Waals surface area contributed by atoms with E-state index < -0.39 is 17.7 Å². The molecule has 3 N–H and O–H groups in total. The summed E-state index contributed by atoms with van der Waals surface area (Å²) in [5.74, 6) is 0.0157. The van der Waals surface area contributed by atoms with Crippen LogP contribution in [0.5, 0.6) is 0 Å². The average molecular weight is 463 g/mol. The Bertz CT molecular complexity index is 713. The van der Waals surface area contributed by atoms with E-state index in [1.54, 1.807) is 6.92 Å².